The highest BCUT2D eigenvalue weighted by atomic mass is 35.5. The van der Waals surface area contributed by atoms with Gasteiger partial charge in [0.25, 0.3) is 11.8 Å². The Hall–Kier alpha value is -3.22. The molecule has 0 spiro atoms. The fraction of sp³-hybridized carbons (Fsp3) is 0.125. The summed E-state index contributed by atoms with van der Waals surface area (Å²) in [7, 11) is 0. The molecule has 1 aromatic heterocycles. The molecular weight excluding hydrogens is 430 g/mol. The number of carbonyl (C=O) groups is 2. The van der Waals surface area contributed by atoms with Crippen LogP contribution in [0.25, 0.3) is 11.8 Å². The molecule has 2 amide bonds. The van der Waals surface area contributed by atoms with Gasteiger partial charge >= 0.3 is 0 Å². The van der Waals surface area contributed by atoms with E-state index in [1.807, 2.05) is 51.1 Å². The third-order valence-corrected chi connectivity index (χ3v) is 5.75. The molecule has 2 aromatic carbocycles. The molecule has 4 rings (SSSR count). The second-order valence-electron chi connectivity index (χ2n) is 7.44. The van der Waals surface area contributed by atoms with Crippen molar-refractivity contribution < 1.29 is 9.59 Å². The van der Waals surface area contributed by atoms with Crippen LogP contribution in [0.4, 0.5) is 5.69 Å². The predicted molar refractivity (Wildman–Crippen MR) is 128 cm³/mol. The van der Waals surface area contributed by atoms with Gasteiger partial charge in [0.05, 0.1) is 5.69 Å². The van der Waals surface area contributed by atoms with Gasteiger partial charge < -0.3 is 4.57 Å². The number of aryl methyl sites for hydroxylation is 2. The highest BCUT2D eigenvalue weighted by molar-refractivity contribution is 7.80. The van der Waals surface area contributed by atoms with Crippen LogP contribution in [0.1, 0.15) is 22.5 Å². The zero-order chi connectivity index (χ0) is 22.3. The molecule has 31 heavy (non-hydrogen) atoms. The van der Waals surface area contributed by atoms with E-state index < -0.39 is 11.8 Å². The maximum absolute atomic E-state index is 13.2. The summed E-state index contributed by atoms with van der Waals surface area (Å²) in [6.07, 6.45) is 1.62. The van der Waals surface area contributed by atoms with E-state index in [0.29, 0.717) is 10.7 Å². The molecule has 7 heteroatoms. The average molecular weight is 450 g/mol. The van der Waals surface area contributed by atoms with Gasteiger partial charge in [-0.2, -0.15) is 0 Å². The molecule has 0 radical (unpaired) electrons. The number of nitrogens with one attached hydrogen (secondary N) is 1. The van der Waals surface area contributed by atoms with E-state index in [1.165, 1.54) is 10.5 Å². The van der Waals surface area contributed by atoms with E-state index in [1.54, 1.807) is 30.3 Å². The van der Waals surface area contributed by atoms with Gasteiger partial charge in [-0.05, 0) is 81.0 Å². The largest absolute Gasteiger partial charge is 0.318 e. The number of anilines is 1. The first kappa shape index (κ1) is 21.0. The summed E-state index contributed by atoms with van der Waals surface area (Å²) in [6, 6.07) is 16.9. The molecular formula is C24H20ClN3O2S. The lowest BCUT2D eigenvalue weighted by molar-refractivity contribution is -0.122. The van der Waals surface area contributed by atoms with E-state index in [0.717, 1.165) is 22.6 Å². The number of amides is 2. The first-order valence-electron chi connectivity index (χ1n) is 9.69. The van der Waals surface area contributed by atoms with Crippen molar-refractivity contribution in [3.8, 4) is 5.69 Å². The summed E-state index contributed by atoms with van der Waals surface area (Å²) in [5, 5.41) is 3.10. The monoisotopic (exact) mass is 449 g/mol. The first-order valence-corrected chi connectivity index (χ1v) is 10.5. The van der Waals surface area contributed by atoms with Crippen LogP contribution in [0.5, 0.6) is 0 Å². The van der Waals surface area contributed by atoms with Crippen LogP contribution in [0.2, 0.25) is 5.02 Å². The molecule has 1 aliphatic heterocycles. The van der Waals surface area contributed by atoms with Gasteiger partial charge in [-0.15, -0.1) is 0 Å². The average Bonchev–Trinajstić information content (AvgIpc) is 2.99. The minimum Gasteiger partial charge on any atom is -0.318 e. The molecule has 0 atom stereocenters. The van der Waals surface area contributed by atoms with E-state index in [2.05, 4.69) is 9.88 Å². The smallest absolute Gasteiger partial charge is 0.270 e. The standard InChI is InChI=1S/C24H20ClN3O2S/c1-14-7-9-19(10-8-14)27-15(2)11-17(16(27)3)12-21-22(29)26-24(31)28(23(21)30)20-6-4-5-18(25)13-20/h4-13H,1-3H3,(H,26,29,31)/b21-12-. The Labute approximate surface area is 190 Å². The van der Waals surface area contributed by atoms with E-state index in [4.69, 9.17) is 23.8 Å². The lowest BCUT2D eigenvalue weighted by Crippen LogP contribution is -2.54. The van der Waals surface area contributed by atoms with Gasteiger partial charge in [-0.1, -0.05) is 35.4 Å². The molecule has 0 aliphatic carbocycles. The Bertz CT molecular complexity index is 1260. The highest BCUT2D eigenvalue weighted by Crippen LogP contribution is 2.27. The number of halogens is 1. The van der Waals surface area contributed by atoms with Crippen LogP contribution < -0.4 is 10.2 Å². The van der Waals surface area contributed by atoms with E-state index >= 15 is 0 Å². The number of benzene rings is 2. The van der Waals surface area contributed by atoms with Crippen molar-refractivity contribution >= 4 is 52.5 Å². The molecule has 2 heterocycles. The fourth-order valence-corrected chi connectivity index (χ4v) is 4.15. The number of carbonyl (C=O) groups excluding carboxylic acids is 2. The van der Waals surface area contributed by atoms with Gasteiger partial charge in [0, 0.05) is 22.1 Å². The SMILES string of the molecule is Cc1ccc(-n2c(C)cc(/C=C3/C(=O)NC(=S)N(c4cccc(Cl)c4)C3=O)c2C)cc1. The topological polar surface area (TPSA) is 54.3 Å². The first-order chi connectivity index (χ1) is 14.8. The van der Waals surface area contributed by atoms with Crippen molar-refractivity contribution in [2.45, 2.75) is 20.8 Å². The van der Waals surface area contributed by atoms with E-state index in [9.17, 15) is 9.59 Å². The Kier molecular flexibility index (Phi) is 5.52. The molecule has 0 unspecified atom stereocenters. The number of hydrogen-bond donors (Lipinski definition) is 1. The van der Waals surface area contributed by atoms with Gasteiger partial charge in [-0.25, -0.2) is 0 Å². The fourth-order valence-electron chi connectivity index (χ4n) is 3.69. The normalized spacial score (nSPS) is 15.5. The number of hydrogen-bond acceptors (Lipinski definition) is 3. The lowest BCUT2D eigenvalue weighted by Gasteiger charge is -2.29. The highest BCUT2D eigenvalue weighted by Gasteiger charge is 2.34. The Morgan fingerprint density at radius 2 is 1.68 bits per heavy atom. The maximum Gasteiger partial charge on any atom is 0.270 e. The number of rotatable bonds is 3. The summed E-state index contributed by atoms with van der Waals surface area (Å²) in [5.41, 5.74) is 5.42. The van der Waals surface area contributed by atoms with E-state index in [-0.39, 0.29) is 10.7 Å². The molecule has 3 aromatic rings. The second-order valence-corrected chi connectivity index (χ2v) is 8.26. The van der Waals surface area contributed by atoms with Crippen molar-refractivity contribution in [3.05, 3.63) is 87.7 Å². The van der Waals surface area contributed by atoms with Crippen molar-refractivity contribution in [1.29, 1.82) is 0 Å². The predicted octanol–water partition coefficient (Wildman–Crippen LogP) is 4.89. The quantitative estimate of drug-likeness (QED) is 0.352. The van der Waals surface area contributed by atoms with Gasteiger partial charge in [0.2, 0.25) is 0 Å². The molecule has 1 N–H and O–H groups in total. The molecule has 1 aliphatic rings. The minimum atomic E-state index is -0.520. The van der Waals surface area contributed by atoms with Gasteiger partial charge in [0.15, 0.2) is 5.11 Å². The third-order valence-electron chi connectivity index (χ3n) is 5.23. The van der Waals surface area contributed by atoms with Crippen molar-refractivity contribution in [3.63, 3.8) is 0 Å². The van der Waals surface area contributed by atoms with Crippen molar-refractivity contribution in [2.24, 2.45) is 0 Å². The molecule has 156 valence electrons. The molecule has 0 saturated carbocycles. The van der Waals surface area contributed by atoms with Crippen LogP contribution >= 0.6 is 23.8 Å². The van der Waals surface area contributed by atoms with Crippen LogP contribution in [-0.4, -0.2) is 21.5 Å². The zero-order valence-electron chi connectivity index (χ0n) is 17.3. The minimum absolute atomic E-state index is 0.0118. The number of nitrogens with zero attached hydrogens (tertiary/aromatic N) is 2. The molecule has 5 nitrogen and oxygen atoms in total. The summed E-state index contributed by atoms with van der Waals surface area (Å²) in [5.74, 6) is -1.01. The summed E-state index contributed by atoms with van der Waals surface area (Å²) < 4.78 is 2.09. The number of aromatic nitrogens is 1. The van der Waals surface area contributed by atoms with Crippen LogP contribution in [0.15, 0.2) is 60.2 Å². The summed E-state index contributed by atoms with van der Waals surface area (Å²) >= 11 is 11.3. The van der Waals surface area contributed by atoms with Crippen LogP contribution in [0, 0.1) is 20.8 Å². The molecule has 1 fully saturated rings. The summed E-state index contributed by atoms with van der Waals surface area (Å²) in [6.45, 7) is 5.99. The third kappa shape index (κ3) is 3.92. The van der Waals surface area contributed by atoms with Crippen LogP contribution in [-0.2, 0) is 9.59 Å². The van der Waals surface area contributed by atoms with Crippen molar-refractivity contribution in [1.82, 2.24) is 9.88 Å². The second kappa shape index (κ2) is 8.13. The molecule has 1 saturated heterocycles. The van der Waals surface area contributed by atoms with Gasteiger partial charge in [0.1, 0.15) is 5.57 Å². The maximum atomic E-state index is 13.2. The van der Waals surface area contributed by atoms with Gasteiger partial charge in [-0.3, -0.25) is 19.8 Å². The molecule has 0 bridgehead atoms. The Morgan fingerprint density at radius 3 is 2.35 bits per heavy atom. The zero-order valence-corrected chi connectivity index (χ0v) is 18.8. The number of thiocarbonyl (C=S) groups is 1. The summed E-state index contributed by atoms with van der Waals surface area (Å²) in [4.78, 5) is 27.1. The van der Waals surface area contributed by atoms with Crippen LogP contribution in [0.3, 0.4) is 0 Å². The lowest BCUT2D eigenvalue weighted by atomic mass is 10.1. The Morgan fingerprint density at radius 1 is 0.968 bits per heavy atom. The Balaban J connectivity index is 1.76. The van der Waals surface area contributed by atoms with Crippen molar-refractivity contribution in [2.75, 3.05) is 4.90 Å².